The van der Waals surface area contributed by atoms with Crippen molar-refractivity contribution in [3.63, 3.8) is 0 Å². The molecular weight excluding hydrogens is 318 g/mol. The Morgan fingerprint density at radius 2 is 2.30 bits per heavy atom. The van der Waals surface area contributed by atoms with Gasteiger partial charge in [-0.25, -0.2) is 4.68 Å². The van der Waals surface area contributed by atoms with Crippen LogP contribution in [-0.2, 0) is 20.8 Å². The number of carbonyl (C=O) groups excluding carboxylic acids is 1. The Morgan fingerprint density at radius 1 is 1.48 bits per heavy atom. The minimum Gasteiger partial charge on any atom is -0.469 e. The average Bonchev–Trinajstić information content (AvgIpc) is 3.21. The molecule has 2 saturated heterocycles. The van der Waals surface area contributed by atoms with Crippen molar-refractivity contribution in [3.8, 4) is 11.4 Å². The third-order valence-corrected chi connectivity index (χ3v) is 4.84. The molecule has 0 spiro atoms. The molecule has 2 aliphatic rings. The molecule has 8 heteroatoms. The third kappa shape index (κ3) is 2.20. The fraction of sp³-hybridized carbons (Fsp3) is 0.533. The summed E-state index contributed by atoms with van der Waals surface area (Å²) >= 11 is 5.59. The zero-order valence-electron chi connectivity index (χ0n) is 12.9. The summed E-state index contributed by atoms with van der Waals surface area (Å²) in [5.41, 5.74) is 0.903. The molecule has 3 atom stereocenters. The number of hydrogen-bond acceptors (Lipinski definition) is 6. The van der Waals surface area contributed by atoms with Crippen molar-refractivity contribution in [1.29, 1.82) is 0 Å². The lowest BCUT2D eigenvalue weighted by atomic mass is 10.0. The van der Waals surface area contributed by atoms with Gasteiger partial charge in [0.15, 0.2) is 16.4 Å². The summed E-state index contributed by atoms with van der Waals surface area (Å²) in [6.45, 7) is 4.98. The number of carbonyl (C=O) groups is 1. The first kappa shape index (κ1) is 14.8. The van der Waals surface area contributed by atoms with Crippen molar-refractivity contribution in [2.75, 3.05) is 6.61 Å². The second-order valence-corrected chi connectivity index (χ2v) is 6.13. The highest BCUT2D eigenvalue weighted by atomic mass is 32.1. The number of hydrogen-bond donors (Lipinski definition) is 0. The maximum atomic E-state index is 12.0. The summed E-state index contributed by atoms with van der Waals surface area (Å²) in [7, 11) is 0. The Labute approximate surface area is 137 Å². The van der Waals surface area contributed by atoms with Gasteiger partial charge in [-0.2, -0.15) is 5.10 Å². The van der Waals surface area contributed by atoms with Crippen molar-refractivity contribution in [2.45, 2.75) is 45.2 Å². The largest absolute Gasteiger partial charge is 0.469 e. The number of fused-ring (bicyclic) bond motifs is 2. The standard InChI is InChI=1S/C15H17N3O4S/c1-3-17-13(9-4-5-20-8(9)2)16-18(15(17)23)10-6-11(19)14-21-7-12(10)22-14/h4-5,10,12,14H,3,6-7H2,1-2H3. The number of furan rings is 1. The summed E-state index contributed by atoms with van der Waals surface area (Å²) in [6, 6.07) is 1.65. The topological polar surface area (TPSA) is 71.4 Å². The quantitative estimate of drug-likeness (QED) is 0.801. The molecule has 122 valence electrons. The molecular formula is C15H17N3O4S. The van der Waals surface area contributed by atoms with E-state index in [-0.39, 0.29) is 17.9 Å². The highest BCUT2D eigenvalue weighted by Gasteiger charge is 2.45. The fourth-order valence-electron chi connectivity index (χ4n) is 3.20. The first-order valence-electron chi connectivity index (χ1n) is 7.63. The first-order chi connectivity index (χ1) is 11.1. The molecule has 2 bridgehead atoms. The van der Waals surface area contributed by atoms with Crippen LogP contribution >= 0.6 is 12.2 Å². The summed E-state index contributed by atoms with van der Waals surface area (Å²) in [6.07, 6.45) is 1.06. The van der Waals surface area contributed by atoms with Crippen molar-refractivity contribution >= 4 is 18.0 Å². The maximum Gasteiger partial charge on any atom is 0.218 e. The summed E-state index contributed by atoms with van der Waals surface area (Å²) in [4.78, 5) is 12.0. The van der Waals surface area contributed by atoms with Gasteiger partial charge in [-0.05, 0) is 32.1 Å². The predicted octanol–water partition coefficient (Wildman–Crippen LogP) is 2.26. The zero-order valence-corrected chi connectivity index (χ0v) is 13.7. The summed E-state index contributed by atoms with van der Waals surface area (Å²) in [5, 5.41) is 4.69. The van der Waals surface area contributed by atoms with Gasteiger partial charge in [-0.15, -0.1) is 0 Å². The van der Waals surface area contributed by atoms with Gasteiger partial charge in [0, 0.05) is 13.0 Å². The Morgan fingerprint density at radius 3 is 3.00 bits per heavy atom. The van der Waals surface area contributed by atoms with Gasteiger partial charge in [0.2, 0.25) is 6.29 Å². The predicted molar refractivity (Wildman–Crippen MR) is 82.4 cm³/mol. The van der Waals surface area contributed by atoms with E-state index >= 15 is 0 Å². The molecule has 7 nitrogen and oxygen atoms in total. The lowest BCUT2D eigenvalue weighted by Gasteiger charge is -2.26. The number of Topliss-reactive ketones (excluding diaryl/α,β-unsaturated/α-hetero) is 1. The lowest BCUT2D eigenvalue weighted by molar-refractivity contribution is -0.156. The lowest BCUT2D eigenvalue weighted by Crippen LogP contribution is -2.37. The molecule has 3 unspecified atom stereocenters. The van der Waals surface area contributed by atoms with Crippen LogP contribution in [0.5, 0.6) is 0 Å². The van der Waals surface area contributed by atoms with Crippen LogP contribution in [-0.4, -0.2) is 39.1 Å². The second-order valence-electron chi connectivity index (χ2n) is 5.76. The van der Waals surface area contributed by atoms with E-state index < -0.39 is 6.29 Å². The molecule has 0 radical (unpaired) electrons. The van der Waals surface area contributed by atoms with Crippen molar-refractivity contribution < 1.29 is 18.7 Å². The van der Waals surface area contributed by atoms with Crippen LogP contribution in [0.3, 0.4) is 0 Å². The second kappa shape index (κ2) is 5.40. The van der Waals surface area contributed by atoms with Crippen molar-refractivity contribution in [1.82, 2.24) is 14.3 Å². The highest BCUT2D eigenvalue weighted by molar-refractivity contribution is 7.71. The van der Waals surface area contributed by atoms with Crippen LogP contribution in [0.4, 0.5) is 0 Å². The van der Waals surface area contributed by atoms with Gasteiger partial charge < -0.3 is 18.5 Å². The Hall–Kier alpha value is -1.77. The van der Waals surface area contributed by atoms with Crippen LogP contribution < -0.4 is 0 Å². The molecule has 0 aliphatic carbocycles. The molecule has 2 aromatic heterocycles. The molecule has 0 aromatic carbocycles. The SMILES string of the molecule is CCn1c(-c2ccoc2C)nn(C2CC(=O)C3OCC2O3)c1=S. The monoisotopic (exact) mass is 335 g/mol. The van der Waals surface area contributed by atoms with E-state index in [9.17, 15) is 4.79 Å². The van der Waals surface area contributed by atoms with E-state index in [0.717, 1.165) is 17.1 Å². The molecule has 4 heterocycles. The van der Waals surface area contributed by atoms with Gasteiger partial charge in [-0.1, -0.05) is 0 Å². The van der Waals surface area contributed by atoms with E-state index in [1.54, 1.807) is 10.9 Å². The van der Waals surface area contributed by atoms with Gasteiger partial charge in [0.05, 0.1) is 24.5 Å². The van der Waals surface area contributed by atoms with Crippen molar-refractivity contribution in [2.24, 2.45) is 0 Å². The Balaban J connectivity index is 1.81. The van der Waals surface area contributed by atoms with Crippen molar-refractivity contribution in [3.05, 3.63) is 22.9 Å². The van der Waals surface area contributed by atoms with Crippen LogP contribution in [0.25, 0.3) is 11.4 Å². The molecule has 23 heavy (non-hydrogen) atoms. The van der Waals surface area contributed by atoms with Crippen LogP contribution in [0.2, 0.25) is 0 Å². The number of nitrogens with zero attached hydrogens (tertiary/aromatic N) is 3. The number of ketones is 1. The molecule has 2 fully saturated rings. The van der Waals surface area contributed by atoms with Gasteiger partial charge in [0.1, 0.15) is 11.9 Å². The molecule has 2 aliphatic heterocycles. The Kier molecular flexibility index (Phi) is 3.47. The maximum absolute atomic E-state index is 12.0. The van der Waals surface area contributed by atoms with Gasteiger partial charge in [0.25, 0.3) is 0 Å². The third-order valence-electron chi connectivity index (χ3n) is 4.43. The Bertz CT molecular complexity index is 821. The number of rotatable bonds is 3. The summed E-state index contributed by atoms with van der Waals surface area (Å²) < 4.78 is 20.6. The molecule has 0 saturated carbocycles. The number of ether oxygens (including phenoxy) is 2. The summed E-state index contributed by atoms with van der Waals surface area (Å²) in [5.74, 6) is 1.47. The van der Waals surface area contributed by atoms with Crippen LogP contribution in [0.15, 0.2) is 16.7 Å². The van der Waals surface area contributed by atoms with E-state index in [0.29, 0.717) is 24.3 Å². The zero-order chi connectivity index (χ0) is 16.1. The normalized spacial score (nSPS) is 26.9. The smallest absolute Gasteiger partial charge is 0.218 e. The van der Waals surface area contributed by atoms with E-state index in [1.165, 1.54) is 0 Å². The molecule has 4 rings (SSSR count). The van der Waals surface area contributed by atoms with Crippen LogP contribution in [0.1, 0.15) is 25.1 Å². The highest BCUT2D eigenvalue weighted by Crippen LogP contribution is 2.34. The van der Waals surface area contributed by atoms with Gasteiger partial charge in [-0.3, -0.25) is 4.79 Å². The average molecular weight is 335 g/mol. The minimum atomic E-state index is -0.714. The minimum absolute atomic E-state index is 0.0576. The van der Waals surface area contributed by atoms with E-state index in [2.05, 4.69) is 5.10 Å². The van der Waals surface area contributed by atoms with E-state index in [1.807, 2.05) is 24.5 Å². The number of aromatic nitrogens is 3. The number of aryl methyl sites for hydroxylation is 1. The first-order valence-corrected chi connectivity index (χ1v) is 8.04. The molecule has 0 N–H and O–H groups in total. The molecule has 2 aromatic rings. The van der Waals surface area contributed by atoms with E-state index in [4.69, 9.17) is 26.1 Å². The molecule has 0 amide bonds. The van der Waals surface area contributed by atoms with Gasteiger partial charge >= 0.3 is 0 Å². The fourth-order valence-corrected chi connectivity index (χ4v) is 3.59. The van der Waals surface area contributed by atoms with Crippen LogP contribution in [0, 0.1) is 11.7 Å².